The lowest BCUT2D eigenvalue weighted by Gasteiger charge is -2.05. The lowest BCUT2D eigenvalue weighted by atomic mass is 10.1. The van der Waals surface area contributed by atoms with Crippen LogP contribution in [0.25, 0.3) is 11.3 Å². The summed E-state index contributed by atoms with van der Waals surface area (Å²) in [7, 11) is 0. The van der Waals surface area contributed by atoms with Gasteiger partial charge in [0.05, 0.1) is 24.3 Å². The monoisotopic (exact) mass is 263 g/mol. The molecule has 2 aromatic rings. The van der Waals surface area contributed by atoms with Gasteiger partial charge in [-0.3, -0.25) is 10.1 Å². The first-order chi connectivity index (χ1) is 9.15. The number of nitro benzene ring substituents is 1. The molecular formula is C12H13N3O4. The van der Waals surface area contributed by atoms with Gasteiger partial charge in [-0.15, -0.1) is 0 Å². The number of benzene rings is 1. The van der Waals surface area contributed by atoms with Crippen molar-refractivity contribution in [1.29, 1.82) is 0 Å². The Morgan fingerprint density at radius 3 is 2.89 bits per heavy atom. The molecule has 0 amide bonds. The zero-order chi connectivity index (χ0) is 13.8. The summed E-state index contributed by atoms with van der Waals surface area (Å²) >= 11 is 0. The van der Waals surface area contributed by atoms with Crippen LogP contribution in [0.3, 0.4) is 0 Å². The third-order valence-corrected chi connectivity index (χ3v) is 2.47. The molecule has 0 aliphatic heterocycles. The minimum atomic E-state index is -0.491. The predicted molar refractivity (Wildman–Crippen MR) is 67.7 cm³/mol. The van der Waals surface area contributed by atoms with Crippen molar-refractivity contribution in [2.24, 2.45) is 5.73 Å². The highest BCUT2D eigenvalue weighted by Crippen LogP contribution is 2.32. The average molecular weight is 263 g/mol. The summed E-state index contributed by atoms with van der Waals surface area (Å²) in [5.74, 6) is 1.05. The highest BCUT2D eigenvalue weighted by atomic mass is 16.6. The summed E-state index contributed by atoms with van der Waals surface area (Å²) in [6, 6.07) is 4.62. The number of nitrogens with zero attached hydrogens (tertiary/aromatic N) is 2. The van der Waals surface area contributed by atoms with Gasteiger partial charge in [0.15, 0.2) is 11.5 Å². The highest BCUT2D eigenvalue weighted by Gasteiger charge is 2.17. The standard InChI is InChI=1S/C12H13N3O4/c1-2-18-10-4-3-8(5-9(10)15(16)17)11-7-14-12(6-13)19-11/h3-5,7H,2,6,13H2,1H3. The molecule has 1 aromatic heterocycles. The molecule has 0 atom stereocenters. The number of oxazole rings is 1. The zero-order valence-corrected chi connectivity index (χ0v) is 10.3. The van der Waals surface area contributed by atoms with E-state index >= 15 is 0 Å². The molecule has 2 N–H and O–H groups in total. The van der Waals surface area contributed by atoms with Crippen molar-refractivity contribution >= 4 is 5.69 Å². The Morgan fingerprint density at radius 1 is 1.53 bits per heavy atom. The molecule has 0 unspecified atom stereocenters. The van der Waals surface area contributed by atoms with Crippen LogP contribution in [0.1, 0.15) is 12.8 Å². The van der Waals surface area contributed by atoms with Crippen molar-refractivity contribution in [3.05, 3.63) is 40.4 Å². The van der Waals surface area contributed by atoms with E-state index in [1.807, 2.05) is 0 Å². The van der Waals surface area contributed by atoms with Gasteiger partial charge in [0.1, 0.15) is 0 Å². The van der Waals surface area contributed by atoms with Crippen molar-refractivity contribution in [2.75, 3.05) is 6.61 Å². The quantitative estimate of drug-likeness (QED) is 0.654. The van der Waals surface area contributed by atoms with Crippen LogP contribution in [0.5, 0.6) is 5.75 Å². The number of nitro groups is 1. The summed E-state index contributed by atoms with van der Waals surface area (Å²) in [5.41, 5.74) is 5.85. The second kappa shape index (κ2) is 5.49. The first kappa shape index (κ1) is 13.0. The van der Waals surface area contributed by atoms with Gasteiger partial charge in [0.25, 0.3) is 0 Å². The Balaban J connectivity index is 2.42. The van der Waals surface area contributed by atoms with Crippen LogP contribution in [0.2, 0.25) is 0 Å². The Bertz CT molecular complexity index is 594. The molecule has 0 spiro atoms. The molecule has 0 aliphatic rings. The number of nitrogens with two attached hydrogens (primary N) is 1. The number of rotatable bonds is 5. The molecule has 1 heterocycles. The Labute approximate surface area is 109 Å². The van der Waals surface area contributed by atoms with E-state index in [9.17, 15) is 10.1 Å². The summed E-state index contributed by atoms with van der Waals surface area (Å²) in [5, 5.41) is 11.0. The van der Waals surface area contributed by atoms with E-state index in [1.54, 1.807) is 19.1 Å². The molecule has 0 aliphatic carbocycles. The average Bonchev–Trinajstić information content (AvgIpc) is 2.88. The van der Waals surface area contributed by atoms with Gasteiger partial charge in [0, 0.05) is 11.6 Å². The van der Waals surface area contributed by atoms with E-state index in [0.717, 1.165) is 0 Å². The molecule has 2 rings (SSSR count). The maximum atomic E-state index is 11.0. The molecule has 1 aromatic carbocycles. The zero-order valence-electron chi connectivity index (χ0n) is 10.3. The third kappa shape index (κ3) is 2.71. The summed E-state index contributed by atoms with van der Waals surface area (Å²) in [4.78, 5) is 14.5. The predicted octanol–water partition coefficient (Wildman–Crippen LogP) is 2.11. The van der Waals surface area contributed by atoms with Crippen LogP contribution in [0.4, 0.5) is 5.69 Å². The van der Waals surface area contributed by atoms with E-state index in [4.69, 9.17) is 14.9 Å². The highest BCUT2D eigenvalue weighted by molar-refractivity contribution is 5.64. The SMILES string of the molecule is CCOc1ccc(-c2cnc(CN)o2)cc1[N+](=O)[O-]. The largest absolute Gasteiger partial charge is 0.487 e. The van der Waals surface area contributed by atoms with Crippen LogP contribution in [0, 0.1) is 10.1 Å². The Hall–Kier alpha value is -2.41. The van der Waals surface area contributed by atoms with Crippen molar-refractivity contribution in [3.63, 3.8) is 0 Å². The number of hydrogen-bond acceptors (Lipinski definition) is 6. The molecule has 0 fully saturated rings. The van der Waals surface area contributed by atoms with Gasteiger partial charge in [-0.05, 0) is 19.1 Å². The summed E-state index contributed by atoms with van der Waals surface area (Å²) in [6.45, 7) is 2.31. The van der Waals surface area contributed by atoms with Crippen LogP contribution >= 0.6 is 0 Å². The number of hydrogen-bond donors (Lipinski definition) is 1. The topological polar surface area (TPSA) is 104 Å². The van der Waals surface area contributed by atoms with Gasteiger partial charge < -0.3 is 14.9 Å². The molecule has 19 heavy (non-hydrogen) atoms. The smallest absolute Gasteiger partial charge is 0.311 e. The van der Waals surface area contributed by atoms with E-state index in [-0.39, 0.29) is 18.0 Å². The van der Waals surface area contributed by atoms with Crippen molar-refractivity contribution in [3.8, 4) is 17.1 Å². The van der Waals surface area contributed by atoms with E-state index in [1.165, 1.54) is 12.3 Å². The Morgan fingerprint density at radius 2 is 2.32 bits per heavy atom. The third-order valence-electron chi connectivity index (χ3n) is 2.47. The lowest BCUT2D eigenvalue weighted by Crippen LogP contribution is -1.97. The molecule has 7 heteroatoms. The molecule has 0 saturated heterocycles. The van der Waals surface area contributed by atoms with E-state index in [0.29, 0.717) is 23.8 Å². The van der Waals surface area contributed by atoms with Crippen LogP contribution in [-0.2, 0) is 6.54 Å². The molecular weight excluding hydrogens is 250 g/mol. The first-order valence-corrected chi connectivity index (χ1v) is 5.72. The summed E-state index contributed by atoms with van der Waals surface area (Å²) < 4.78 is 10.6. The second-order valence-electron chi connectivity index (χ2n) is 3.70. The Kier molecular flexibility index (Phi) is 3.76. The molecule has 100 valence electrons. The van der Waals surface area contributed by atoms with Crippen LogP contribution in [-0.4, -0.2) is 16.5 Å². The lowest BCUT2D eigenvalue weighted by molar-refractivity contribution is -0.385. The fourth-order valence-electron chi connectivity index (χ4n) is 1.63. The van der Waals surface area contributed by atoms with Crippen LogP contribution in [0.15, 0.2) is 28.8 Å². The molecule has 0 saturated carbocycles. The number of ether oxygens (including phenoxy) is 1. The van der Waals surface area contributed by atoms with E-state index in [2.05, 4.69) is 4.98 Å². The maximum Gasteiger partial charge on any atom is 0.311 e. The minimum Gasteiger partial charge on any atom is -0.487 e. The van der Waals surface area contributed by atoms with Gasteiger partial charge in [0.2, 0.25) is 5.89 Å². The van der Waals surface area contributed by atoms with Gasteiger partial charge in [-0.25, -0.2) is 4.98 Å². The van der Waals surface area contributed by atoms with Crippen molar-refractivity contribution in [2.45, 2.75) is 13.5 Å². The molecule has 0 radical (unpaired) electrons. The number of aromatic nitrogens is 1. The molecule has 7 nitrogen and oxygen atoms in total. The minimum absolute atomic E-state index is 0.106. The second-order valence-corrected chi connectivity index (χ2v) is 3.70. The van der Waals surface area contributed by atoms with Crippen molar-refractivity contribution < 1.29 is 14.1 Å². The van der Waals surface area contributed by atoms with E-state index < -0.39 is 4.92 Å². The normalized spacial score (nSPS) is 10.4. The van der Waals surface area contributed by atoms with Crippen LogP contribution < -0.4 is 10.5 Å². The van der Waals surface area contributed by atoms with Gasteiger partial charge in [-0.2, -0.15) is 0 Å². The fourth-order valence-corrected chi connectivity index (χ4v) is 1.63. The fraction of sp³-hybridized carbons (Fsp3) is 0.250. The summed E-state index contributed by atoms with van der Waals surface area (Å²) in [6.07, 6.45) is 1.49. The van der Waals surface area contributed by atoms with Crippen molar-refractivity contribution in [1.82, 2.24) is 4.98 Å². The molecule has 0 bridgehead atoms. The maximum absolute atomic E-state index is 11.0. The first-order valence-electron chi connectivity index (χ1n) is 5.72. The van der Waals surface area contributed by atoms with Gasteiger partial charge >= 0.3 is 5.69 Å². The van der Waals surface area contributed by atoms with Gasteiger partial charge in [-0.1, -0.05) is 0 Å².